The first-order chi connectivity index (χ1) is 16.5. The van der Waals surface area contributed by atoms with Crippen molar-refractivity contribution >= 4 is 23.4 Å². The van der Waals surface area contributed by atoms with Crippen molar-refractivity contribution in [3.8, 4) is 22.5 Å². The van der Waals surface area contributed by atoms with Gasteiger partial charge in [-0.3, -0.25) is 4.79 Å². The Hall–Kier alpha value is -3.52. The smallest absolute Gasteiger partial charge is 0.224 e. The van der Waals surface area contributed by atoms with Crippen molar-refractivity contribution in [2.75, 3.05) is 11.1 Å². The number of imidazole rings is 1. The number of aromatic nitrogens is 2. The third-order valence-corrected chi connectivity index (χ3v) is 6.06. The molecule has 0 atom stereocenters. The Morgan fingerprint density at radius 2 is 1.50 bits per heavy atom. The molecule has 0 saturated heterocycles. The maximum absolute atomic E-state index is 13.7. The highest BCUT2D eigenvalue weighted by Gasteiger charge is 2.15. The molecule has 2 N–H and O–H groups in total. The van der Waals surface area contributed by atoms with E-state index in [1.165, 1.54) is 0 Å². The van der Waals surface area contributed by atoms with E-state index in [4.69, 9.17) is 4.98 Å². The number of halogens is 3. The summed E-state index contributed by atoms with van der Waals surface area (Å²) in [6, 6.07) is 21.0. The number of rotatable bonds is 9. The van der Waals surface area contributed by atoms with E-state index in [1.54, 1.807) is 11.8 Å². The van der Waals surface area contributed by atoms with Crippen molar-refractivity contribution in [1.29, 1.82) is 0 Å². The van der Waals surface area contributed by atoms with Gasteiger partial charge in [0.1, 0.15) is 11.5 Å². The summed E-state index contributed by atoms with van der Waals surface area (Å²) >= 11 is 1.55. The van der Waals surface area contributed by atoms with Gasteiger partial charge in [0.25, 0.3) is 0 Å². The number of nitrogens with zero attached hydrogens (tertiary/aromatic N) is 1. The van der Waals surface area contributed by atoms with E-state index in [1.807, 2.05) is 60.7 Å². The number of carbonyl (C=O) groups excluding carboxylic acids is 1. The second-order valence-electron chi connectivity index (χ2n) is 7.60. The first kappa shape index (κ1) is 23.6. The van der Waals surface area contributed by atoms with Gasteiger partial charge in [0.15, 0.2) is 16.8 Å². The van der Waals surface area contributed by atoms with Gasteiger partial charge in [0.05, 0.1) is 11.4 Å². The summed E-state index contributed by atoms with van der Waals surface area (Å²) in [5.41, 5.74) is 3.24. The molecular weight excluding hydrogens is 459 g/mol. The number of benzene rings is 3. The molecule has 8 heteroatoms. The van der Waals surface area contributed by atoms with Gasteiger partial charge in [-0.15, -0.1) is 0 Å². The van der Waals surface area contributed by atoms with Crippen molar-refractivity contribution in [3.05, 3.63) is 90.2 Å². The first-order valence-corrected chi connectivity index (χ1v) is 11.8. The summed E-state index contributed by atoms with van der Waals surface area (Å²) in [5, 5.41) is 2.96. The molecule has 1 amide bonds. The Kier molecular flexibility index (Phi) is 7.69. The molecule has 0 unspecified atom stereocenters. The summed E-state index contributed by atoms with van der Waals surface area (Å²) < 4.78 is 40.3. The van der Waals surface area contributed by atoms with Crippen LogP contribution < -0.4 is 5.32 Å². The SMILES string of the molecule is O=C(CCCCSc1nc(-c2ccccc2)c(-c2ccccc2)[nH]1)Nc1c(F)cc(F)cc1F. The minimum Gasteiger partial charge on any atom is -0.332 e. The number of hydrogen-bond acceptors (Lipinski definition) is 3. The van der Waals surface area contributed by atoms with E-state index in [2.05, 4.69) is 10.3 Å². The van der Waals surface area contributed by atoms with E-state index in [0.717, 1.165) is 27.7 Å². The molecule has 0 aliphatic heterocycles. The van der Waals surface area contributed by atoms with Gasteiger partial charge in [-0.1, -0.05) is 72.4 Å². The Morgan fingerprint density at radius 1 is 0.882 bits per heavy atom. The van der Waals surface area contributed by atoms with Gasteiger partial charge in [0.2, 0.25) is 5.91 Å². The molecule has 0 saturated carbocycles. The number of aromatic amines is 1. The lowest BCUT2D eigenvalue weighted by atomic mass is 10.1. The summed E-state index contributed by atoms with van der Waals surface area (Å²) in [6.45, 7) is 0. The molecule has 4 aromatic rings. The lowest BCUT2D eigenvalue weighted by molar-refractivity contribution is -0.116. The van der Waals surface area contributed by atoms with Crippen LogP contribution in [0.15, 0.2) is 78.0 Å². The van der Waals surface area contributed by atoms with Gasteiger partial charge in [-0.2, -0.15) is 0 Å². The predicted octanol–water partition coefficient (Wildman–Crippen LogP) is 7.06. The molecule has 0 fully saturated rings. The highest BCUT2D eigenvalue weighted by atomic mass is 32.2. The van der Waals surface area contributed by atoms with Crippen LogP contribution in [0.5, 0.6) is 0 Å². The highest BCUT2D eigenvalue weighted by molar-refractivity contribution is 7.99. The van der Waals surface area contributed by atoms with E-state index < -0.39 is 29.0 Å². The quantitative estimate of drug-likeness (QED) is 0.199. The maximum atomic E-state index is 13.7. The molecule has 1 aromatic heterocycles. The summed E-state index contributed by atoms with van der Waals surface area (Å²) in [4.78, 5) is 20.2. The summed E-state index contributed by atoms with van der Waals surface area (Å²) in [7, 11) is 0. The Balaban J connectivity index is 1.33. The molecule has 4 rings (SSSR count). The fourth-order valence-corrected chi connectivity index (χ4v) is 4.33. The number of anilines is 1. The number of amides is 1. The van der Waals surface area contributed by atoms with Crippen LogP contribution in [0.3, 0.4) is 0 Å². The van der Waals surface area contributed by atoms with Gasteiger partial charge in [-0.25, -0.2) is 18.2 Å². The van der Waals surface area contributed by atoms with Crippen molar-refractivity contribution < 1.29 is 18.0 Å². The van der Waals surface area contributed by atoms with Crippen LogP contribution in [0.2, 0.25) is 0 Å². The lowest BCUT2D eigenvalue weighted by Crippen LogP contribution is -2.14. The molecule has 174 valence electrons. The number of thioether (sulfide) groups is 1. The molecular formula is C26H22F3N3OS. The number of nitrogens with one attached hydrogen (secondary N) is 2. The van der Waals surface area contributed by atoms with Crippen LogP contribution in [0.4, 0.5) is 18.9 Å². The van der Waals surface area contributed by atoms with Gasteiger partial charge in [-0.05, 0) is 12.8 Å². The van der Waals surface area contributed by atoms with Crippen LogP contribution in [-0.2, 0) is 4.79 Å². The fraction of sp³-hybridized carbons (Fsp3) is 0.154. The number of unbranched alkanes of at least 4 members (excludes halogenated alkanes) is 1. The maximum Gasteiger partial charge on any atom is 0.224 e. The topological polar surface area (TPSA) is 57.8 Å². The second kappa shape index (κ2) is 11.1. The zero-order valence-electron chi connectivity index (χ0n) is 18.2. The Morgan fingerprint density at radius 3 is 2.15 bits per heavy atom. The van der Waals surface area contributed by atoms with E-state index in [-0.39, 0.29) is 6.42 Å². The molecule has 4 nitrogen and oxygen atoms in total. The zero-order valence-corrected chi connectivity index (χ0v) is 19.0. The second-order valence-corrected chi connectivity index (χ2v) is 8.68. The van der Waals surface area contributed by atoms with Crippen LogP contribution in [0.25, 0.3) is 22.5 Å². The van der Waals surface area contributed by atoms with E-state index in [0.29, 0.717) is 30.7 Å². The van der Waals surface area contributed by atoms with Crippen molar-refractivity contribution in [2.24, 2.45) is 0 Å². The number of carbonyl (C=O) groups is 1. The number of hydrogen-bond donors (Lipinski definition) is 2. The van der Waals surface area contributed by atoms with Crippen LogP contribution >= 0.6 is 11.8 Å². The predicted molar refractivity (Wildman–Crippen MR) is 129 cm³/mol. The van der Waals surface area contributed by atoms with Crippen LogP contribution in [-0.4, -0.2) is 21.6 Å². The van der Waals surface area contributed by atoms with Crippen molar-refractivity contribution in [2.45, 2.75) is 24.4 Å². The molecule has 1 heterocycles. The lowest BCUT2D eigenvalue weighted by Gasteiger charge is -2.07. The van der Waals surface area contributed by atoms with Gasteiger partial charge in [0, 0.05) is 35.4 Å². The van der Waals surface area contributed by atoms with E-state index in [9.17, 15) is 18.0 Å². The standard InChI is InChI=1S/C26H22F3N3OS/c27-19-15-20(28)25(21(29)16-19)30-22(33)13-7-8-14-34-26-31-23(17-9-3-1-4-10-17)24(32-26)18-11-5-2-6-12-18/h1-6,9-12,15-16H,7-8,13-14H2,(H,30,33)(H,31,32). The third kappa shape index (κ3) is 5.88. The minimum absolute atomic E-state index is 0.0967. The fourth-order valence-electron chi connectivity index (χ4n) is 3.46. The molecule has 0 aliphatic carbocycles. The largest absolute Gasteiger partial charge is 0.332 e. The van der Waals surface area contributed by atoms with Crippen molar-refractivity contribution in [1.82, 2.24) is 9.97 Å². The molecule has 0 bridgehead atoms. The van der Waals surface area contributed by atoms with Gasteiger partial charge < -0.3 is 10.3 Å². The minimum atomic E-state index is -1.14. The molecule has 0 radical (unpaired) electrons. The van der Waals surface area contributed by atoms with E-state index >= 15 is 0 Å². The third-order valence-electron chi connectivity index (χ3n) is 5.10. The monoisotopic (exact) mass is 481 g/mol. The summed E-state index contributed by atoms with van der Waals surface area (Å²) in [5.74, 6) is -3.12. The highest BCUT2D eigenvalue weighted by Crippen LogP contribution is 2.32. The average molecular weight is 482 g/mol. The first-order valence-electron chi connectivity index (χ1n) is 10.8. The molecule has 0 spiro atoms. The number of H-pyrrole nitrogens is 1. The normalized spacial score (nSPS) is 10.9. The Labute approximate surface area is 199 Å². The van der Waals surface area contributed by atoms with Crippen LogP contribution in [0, 0.1) is 17.5 Å². The average Bonchev–Trinajstić information content (AvgIpc) is 3.26. The molecule has 34 heavy (non-hydrogen) atoms. The molecule has 0 aliphatic rings. The Bertz CT molecular complexity index is 1180. The van der Waals surface area contributed by atoms with Crippen LogP contribution in [0.1, 0.15) is 19.3 Å². The van der Waals surface area contributed by atoms with Gasteiger partial charge >= 0.3 is 0 Å². The zero-order chi connectivity index (χ0) is 23.9. The molecule has 3 aromatic carbocycles. The summed E-state index contributed by atoms with van der Waals surface area (Å²) in [6.07, 6.45) is 1.33. The van der Waals surface area contributed by atoms with Crippen molar-refractivity contribution in [3.63, 3.8) is 0 Å².